The van der Waals surface area contributed by atoms with Gasteiger partial charge in [-0.2, -0.15) is 13.2 Å². The first-order valence-corrected chi connectivity index (χ1v) is 6.62. The summed E-state index contributed by atoms with van der Waals surface area (Å²) in [6, 6.07) is 4.29. The van der Waals surface area contributed by atoms with Gasteiger partial charge in [-0.1, -0.05) is 6.92 Å². The van der Waals surface area contributed by atoms with Crippen LogP contribution in [0.15, 0.2) is 18.2 Å². The summed E-state index contributed by atoms with van der Waals surface area (Å²) in [7, 11) is 0. The minimum absolute atomic E-state index is 0.0894. The highest BCUT2D eigenvalue weighted by Gasteiger charge is 2.28. The van der Waals surface area contributed by atoms with Gasteiger partial charge in [-0.25, -0.2) is 0 Å². The highest BCUT2D eigenvalue weighted by atomic mass is 19.4. The molecule has 0 aliphatic rings. The Labute approximate surface area is 121 Å². The molecule has 0 heterocycles. The first-order valence-electron chi connectivity index (χ1n) is 6.62. The van der Waals surface area contributed by atoms with Crippen LogP contribution < -0.4 is 14.8 Å². The quantitative estimate of drug-likeness (QED) is 0.841. The third kappa shape index (κ3) is 5.93. The van der Waals surface area contributed by atoms with E-state index in [0.29, 0.717) is 24.7 Å². The summed E-state index contributed by atoms with van der Waals surface area (Å²) in [5, 5.41) is 1.81. The van der Waals surface area contributed by atoms with E-state index >= 15 is 0 Å². The van der Waals surface area contributed by atoms with Crippen molar-refractivity contribution in [2.75, 3.05) is 19.8 Å². The number of hydrogen-bond donors (Lipinski definition) is 1. The van der Waals surface area contributed by atoms with Crippen LogP contribution in [0.4, 0.5) is 13.2 Å². The van der Waals surface area contributed by atoms with Crippen LogP contribution in [0.25, 0.3) is 0 Å². The molecule has 0 fully saturated rings. The maximum atomic E-state index is 12.1. The van der Waals surface area contributed by atoms with E-state index in [0.717, 1.165) is 6.42 Å². The molecular weight excluding hydrogens is 287 g/mol. The number of benzene rings is 1. The number of alkyl halides is 3. The summed E-state index contributed by atoms with van der Waals surface area (Å²) in [4.78, 5) is 11.7. The predicted molar refractivity (Wildman–Crippen MR) is 71.8 cm³/mol. The smallest absolute Gasteiger partial charge is 0.405 e. The van der Waals surface area contributed by atoms with Crippen LogP contribution in [-0.4, -0.2) is 31.8 Å². The molecule has 7 heteroatoms. The van der Waals surface area contributed by atoms with Crippen molar-refractivity contribution in [1.29, 1.82) is 0 Å². The maximum absolute atomic E-state index is 12.1. The van der Waals surface area contributed by atoms with E-state index in [-0.39, 0.29) is 5.56 Å². The molecule has 0 aromatic heterocycles. The van der Waals surface area contributed by atoms with Gasteiger partial charge < -0.3 is 14.8 Å². The third-order valence-electron chi connectivity index (χ3n) is 2.42. The SMILES string of the molecule is CCCOc1ccc(C(=O)NCC(F)(F)F)cc1OCC. The fourth-order valence-electron chi connectivity index (χ4n) is 1.53. The van der Waals surface area contributed by atoms with Crippen molar-refractivity contribution in [1.82, 2.24) is 5.32 Å². The molecule has 1 N–H and O–H groups in total. The molecule has 21 heavy (non-hydrogen) atoms. The Morgan fingerprint density at radius 3 is 2.48 bits per heavy atom. The van der Waals surface area contributed by atoms with Gasteiger partial charge in [0, 0.05) is 5.56 Å². The lowest BCUT2D eigenvalue weighted by atomic mass is 10.2. The standard InChI is InChI=1S/C14H18F3NO3/c1-3-7-21-11-6-5-10(8-12(11)20-4-2)13(19)18-9-14(15,16)17/h5-6,8H,3-4,7,9H2,1-2H3,(H,18,19). The summed E-state index contributed by atoms with van der Waals surface area (Å²) in [5.74, 6) is -0.00741. The Morgan fingerprint density at radius 2 is 1.90 bits per heavy atom. The lowest BCUT2D eigenvalue weighted by Crippen LogP contribution is -2.33. The summed E-state index contributed by atoms with van der Waals surface area (Å²) in [5.41, 5.74) is 0.0894. The van der Waals surface area contributed by atoms with Crippen LogP contribution in [0.1, 0.15) is 30.6 Å². The molecule has 0 saturated heterocycles. The van der Waals surface area contributed by atoms with Gasteiger partial charge in [0.15, 0.2) is 11.5 Å². The second kappa shape index (κ2) is 7.75. The van der Waals surface area contributed by atoms with Gasteiger partial charge in [0.2, 0.25) is 0 Å². The molecule has 118 valence electrons. The molecule has 0 bridgehead atoms. The van der Waals surface area contributed by atoms with Crippen molar-refractivity contribution < 1.29 is 27.4 Å². The van der Waals surface area contributed by atoms with Crippen molar-refractivity contribution in [3.8, 4) is 11.5 Å². The number of carbonyl (C=O) groups excluding carboxylic acids is 1. The van der Waals surface area contributed by atoms with Crippen molar-refractivity contribution in [2.45, 2.75) is 26.4 Å². The van der Waals surface area contributed by atoms with E-state index in [1.165, 1.54) is 18.2 Å². The average molecular weight is 305 g/mol. The van der Waals surface area contributed by atoms with Gasteiger partial charge in [-0.05, 0) is 31.5 Å². The normalized spacial score (nSPS) is 11.1. The Morgan fingerprint density at radius 1 is 1.19 bits per heavy atom. The van der Waals surface area contributed by atoms with Crippen LogP contribution in [-0.2, 0) is 0 Å². The minimum atomic E-state index is -4.44. The number of nitrogens with one attached hydrogen (secondary N) is 1. The highest BCUT2D eigenvalue weighted by molar-refractivity contribution is 5.94. The number of hydrogen-bond acceptors (Lipinski definition) is 3. The lowest BCUT2D eigenvalue weighted by Gasteiger charge is -2.13. The molecule has 0 atom stereocenters. The van der Waals surface area contributed by atoms with Gasteiger partial charge in [0.1, 0.15) is 6.54 Å². The van der Waals surface area contributed by atoms with Crippen LogP contribution in [0.3, 0.4) is 0 Å². The third-order valence-corrected chi connectivity index (χ3v) is 2.42. The lowest BCUT2D eigenvalue weighted by molar-refractivity contribution is -0.123. The number of rotatable bonds is 7. The van der Waals surface area contributed by atoms with Crippen molar-refractivity contribution in [2.24, 2.45) is 0 Å². The van der Waals surface area contributed by atoms with Gasteiger partial charge in [-0.15, -0.1) is 0 Å². The Kier molecular flexibility index (Phi) is 6.33. The fraction of sp³-hybridized carbons (Fsp3) is 0.500. The number of halogens is 3. The van der Waals surface area contributed by atoms with E-state index in [1.54, 1.807) is 6.92 Å². The number of carbonyl (C=O) groups is 1. The largest absolute Gasteiger partial charge is 0.490 e. The van der Waals surface area contributed by atoms with Crippen molar-refractivity contribution in [3.63, 3.8) is 0 Å². The number of amides is 1. The summed E-state index contributed by atoms with van der Waals surface area (Å²) >= 11 is 0. The summed E-state index contributed by atoms with van der Waals surface area (Å²) < 4.78 is 47.0. The molecule has 0 radical (unpaired) electrons. The topological polar surface area (TPSA) is 47.6 Å². The fourth-order valence-corrected chi connectivity index (χ4v) is 1.53. The zero-order valence-electron chi connectivity index (χ0n) is 11.9. The molecule has 1 aromatic carbocycles. The van der Waals surface area contributed by atoms with Crippen molar-refractivity contribution >= 4 is 5.91 Å². The van der Waals surface area contributed by atoms with E-state index in [2.05, 4.69) is 0 Å². The summed E-state index contributed by atoms with van der Waals surface area (Å²) in [6.45, 7) is 3.18. The van der Waals surface area contributed by atoms with Gasteiger partial charge >= 0.3 is 6.18 Å². The van der Waals surface area contributed by atoms with Crippen LogP contribution >= 0.6 is 0 Å². The first-order chi connectivity index (χ1) is 9.87. The van der Waals surface area contributed by atoms with Crippen LogP contribution in [0.5, 0.6) is 11.5 Å². The molecule has 1 rings (SSSR count). The molecule has 0 saturated carbocycles. The van der Waals surface area contributed by atoms with E-state index in [1.807, 2.05) is 12.2 Å². The zero-order valence-corrected chi connectivity index (χ0v) is 11.9. The van der Waals surface area contributed by atoms with Gasteiger partial charge in [0.05, 0.1) is 13.2 Å². The van der Waals surface area contributed by atoms with Gasteiger partial charge in [0.25, 0.3) is 5.91 Å². The molecule has 4 nitrogen and oxygen atoms in total. The highest BCUT2D eigenvalue weighted by Crippen LogP contribution is 2.28. The Bertz CT molecular complexity index is 475. The van der Waals surface area contributed by atoms with E-state index in [4.69, 9.17) is 9.47 Å². The Hall–Kier alpha value is -1.92. The molecular formula is C14H18F3NO3. The van der Waals surface area contributed by atoms with Crippen molar-refractivity contribution in [3.05, 3.63) is 23.8 Å². The molecule has 0 unspecified atom stereocenters. The average Bonchev–Trinajstić information content (AvgIpc) is 2.43. The molecule has 1 aromatic rings. The second-order valence-corrected chi connectivity index (χ2v) is 4.24. The predicted octanol–water partition coefficient (Wildman–Crippen LogP) is 3.17. The van der Waals surface area contributed by atoms with E-state index in [9.17, 15) is 18.0 Å². The summed E-state index contributed by atoms with van der Waals surface area (Å²) in [6.07, 6.45) is -3.64. The van der Waals surface area contributed by atoms with Crippen LogP contribution in [0, 0.1) is 0 Å². The molecule has 1 amide bonds. The van der Waals surface area contributed by atoms with Crippen LogP contribution in [0.2, 0.25) is 0 Å². The Balaban J connectivity index is 2.83. The molecule has 0 aliphatic heterocycles. The molecule has 0 spiro atoms. The number of ether oxygens (including phenoxy) is 2. The molecule has 0 aliphatic carbocycles. The second-order valence-electron chi connectivity index (χ2n) is 4.24. The zero-order chi connectivity index (χ0) is 15.9. The monoisotopic (exact) mass is 305 g/mol. The minimum Gasteiger partial charge on any atom is -0.490 e. The van der Waals surface area contributed by atoms with E-state index < -0.39 is 18.6 Å². The maximum Gasteiger partial charge on any atom is 0.405 e. The van der Waals surface area contributed by atoms with Gasteiger partial charge in [-0.3, -0.25) is 4.79 Å². The first kappa shape index (κ1) is 17.1.